The summed E-state index contributed by atoms with van der Waals surface area (Å²) >= 11 is 0. The fourth-order valence-electron chi connectivity index (χ4n) is 4.24. The highest BCUT2D eigenvalue weighted by Gasteiger charge is 2.21. The number of benzene rings is 1. The number of fused-ring (bicyclic) bond motifs is 1. The number of rotatable bonds is 13. The number of aromatic nitrogens is 3. The third kappa shape index (κ3) is 9.44. The Morgan fingerprint density at radius 2 is 1.57 bits per heavy atom. The van der Waals surface area contributed by atoms with Crippen LogP contribution in [0, 0.1) is 11.8 Å². The molecular formula is C30H44N6O4. The van der Waals surface area contributed by atoms with E-state index in [0.717, 1.165) is 62.3 Å². The average molecular weight is 553 g/mol. The maximum Gasteiger partial charge on any atom is 0.290 e. The van der Waals surface area contributed by atoms with Crippen LogP contribution in [0.25, 0.3) is 17.0 Å². The van der Waals surface area contributed by atoms with Gasteiger partial charge in [-0.15, -0.1) is 0 Å². The van der Waals surface area contributed by atoms with Gasteiger partial charge in [0.15, 0.2) is 0 Å². The molecule has 0 fully saturated rings. The molecule has 0 aliphatic carbocycles. The highest BCUT2D eigenvalue weighted by atomic mass is 16.3. The van der Waals surface area contributed by atoms with Crippen molar-refractivity contribution in [2.24, 2.45) is 17.6 Å². The third-order valence-corrected chi connectivity index (χ3v) is 6.53. The topological polar surface area (TPSA) is 134 Å². The number of primary amides is 1. The largest absolute Gasteiger partial charge is 0.483 e. The lowest BCUT2D eigenvalue weighted by atomic mass is 10.0. The van der Waals surface area contributed by atoms with Crippen molar-refractivity contribution < 1.29 is 19.5 Å². The molecule has 2 amide bonds. The predicted molar refractivity (Wildman–Crippen MR) is 157 cm³/mol. The molecule has 0 saturated carbocycles. The van der Waals surface area contributed by atoms with Crippen LogP contribution in [0.2, 0.25) is 0 Å². The van der Waals surface area contributed by atoms with E-state index in [0.29, 0.717) is 28.7 Å². The second-order valence-electron chi connectivity index (χ2n) is 11.0. The summed E-state index contributed by atoms with van der Waals surface area (Å²) in [6.07, 6.45) is 7.17. The van der Waals surface area contributed by atoms with Crippen LogP contribution in [-0.4, -0.2) is 81.3 Å². The van der Waals surface area contributed by atoms with Gasteiger partial charge in [0.25, 0.3) is 12.4 Å². The van der Waals surface area contributed by atoms with Crippen LogP contribution in [0.1, 0.15) is 73.4 Å². The van der Waals surface area contributed by atoms with Crippen molar-refractivity contribution in [2.45, 2.75) is 53.4 Å². The molecule has 40 heavy (non-hydrogen) atoms. The average Bonchev–Trinajstić information content (AvgIpc) is 3.26. The number of carbonyl (C=O) groups is 3. The van der Waals surface area contributed by atoms with Gasteiger partial charge in [-0.25, -0.2) is 9.97 Å². The molecule has 218 valence electrons. The number of nitrogens with zero attached hydrogens (tertiary/aromatic N) is 5. The van der Waals surface area contributed by atoms with Gasteiger partial charge in [-0.1, -0.05) is 39.8 Å². The van der Waals surface area contributed by atoms with E-state index in [2.05, 4.69) is 51.7 Å². The SMILES string of the molecule is CC(C)CCN(CCC(C)C)C(=O)c1cnc2nc(-c3ccc(C(N)=O)cc3)c(CCCN(C)C)n2c1.O=CO. The maximum atomic E-state index is 13.6. The first-order valence-electron chi connectivity index (χ1n) is 13.8. The molecular weight excluding hydrogens is 508 g/mol. The first kappa shape index (κ1) is 32.4. The lowest BCUT2D eigenvalue weighted by Gasteiger charge is -2.24. The summed E-state index contributed by atoms with van der Waals surface area (Å²) in [6, 6.07) is 7.16. The molecule has 0 aliphatic heterocycles. The van der Waals surface area contributed by atoms with Crippen LogP contribution < -0.4 is 5.73 Å². The third-order valence-electron chi connectivity index (χ3n) is 6.53. The lowest BCUT2D eigenvalue weighted by Crippen LogP contribution is -2.34. The molecule has 10 nitrogen and oxygen atoms in total. The fraction of sp³-hybridized carbons (Fsp3) is 0.500. The summed E-state index contributed by atoms with van der Waals surface area (Å²) in [5, 5.41) is 6.89. The molecule has 0 spiro atoms. The number of amides is 2. The van der Waals surface area contributed by atoms with Crippen LogP contribution in [0.15, 0.2) is 36.7 Å². The molecule has 3 N–H and O–H groups in total. The van der Waals surface area contributed by atoms with Gasteiger partial charge in [0.2, 0.25) is 11.7 Å². The number of hydrogen-bond donors (Lipinski definition) is 2. The van der Waals surface area contributed by atoms with Gasteiger partial charge in [0.05, 0.1) is 17.0 Å². The van der Waals surface area contributed by atoms with Gasteiger partial charge in [-0.3, -0.25) is 18.8 Å². The number of aryl methyl sites for hydroxylation is 1. The zero-order valence-electron chi connectivity index (χ0n) is 24.6. The second-order valence-corrected chi connectivity index (χ2v) is 11.0. The van der Waals surface area contributed by atoms with Crippen LogP contribution in [0.4, 0.5) is 0 Å². The zero-order chi connectivity index (χ0) is 29.8. The van der Waals surface area contributed by atoms with Crippen LogP contribution in [0.5, 0.6) is 0 Å². The Labute approximate surface area is 237 Å². The molecule has 0 radical (unpaired) electrons. The van der Waals surface area contributed by atoms with Gasteiger partial charge >= 0.3 is 0 Å². The van der Waals surface area contributed by atoms with Crippen molar-refractivity contribution in [3.8, 4) is 11.3 Å². The van der Waals surface area contributed by atoms with Crippen molar-refractivity contribution in [3.63, 3.8) is 0 Å². The minimum absolute atomic E-state index is 0.0102. The molecule has 3 aromatic rings. The van der Waals surface area contributed by atoms with Gasteiger partial charge in [0.1, 0.15) is 0 Å². The molecule has 2 aromatic heterocycles. The fourth-order valence-corrected chi connectivity index (χ4v) is 4.24. The first-order valence-corrected chi connectivity index (χ1v) is 13.8. The van der Waals surface area contributed by atoms with Crippen LogP contribution >= 0.6 is 0 Å². The summed E-state index contributed by atoms with van der Waals surface area (Å²) in [5.41, 5.74) is 9.15. The number of carbonyl (C=O) groups excluding carboxylic acids is 2. The Kier molecular flexibility index (Phi) is 12.7. The van der Waals surface area contributed by atoms with E-state index < -0.39 is 5.91 Å². The number of carboxylic acid groups (broad SMARTS) is 1. The Bertz CT molecular complexity index is 1240. The Morgan fingerprint density at radius 1 is 1.00 bits per heavy atom. The van der Waals surface area contributed by atoms with Gasteiger partial charge in [-0.2, -0.15) is 0 Å². The Balaban J connectivity index is 0.00000178. The maximum absolute atomic E-state index is 13.6. The van der Waals surface area contributed by atoms with Crippen molar-refractivity contribution in [1.29, 1.82) is 0 Å². The summed E-state index contributed by atoms with van der Waals surface area (Å²) in [5.74, 6) is 1.15. The molecule has 3 rings (SSSR count). The summed E-state index contributed by atoms with van der Waals surface area (Å²) in [6.45, 7) is 10.9. The molecule has 0 aliphatic rings. The predicted octanol–water partition coefficient (Wildman–Crippen LogP) is 4.22. The van der Waals surface area contributed by atoms with Crippen LogP contribution in [0.3, 0.4) is 0 Å². The number of hydrogen-bond acceptors (Lipinski definition) is 6. The Hall–Kier alpha value is -3.79. The first-order chi connectivity index (χ1) is 19.0. The van der Waals surface area contributed by atoms with Crippen molar-refractivity contribution >= 4 is 24.1 Å². The van der Waals surface area contributed by atoms with Crippen LogP contribution in [-0.2, 0) is 11.2 Å². The number of imidazole rings is 1. The summed E-state index contributed by atoms with van der Waals surface area (Å²) in [4.78, 5) is 47.0. The van der Waals surface area contributed by atoms with Gasteiger partial charge < -0.3 is 20.6 Å². The van der Waals surface area contributed by atoms with Crippen molar-refractivity contribution in [3.05, 3.63) is 53.5 Å². The highest BCUT2D eigenvalue weighted by molar-refractivity contribution is 5.94. The monoisotopic (exact) mass is 552 g/mol. The summed E-state index contributed by atoms with van der Waals surface area (Å²) in [7, 11) is 4.11. The van der Waals surface area contributed by atoms with E-state index in [-0.39, 0.29) is 12.4 Å². The minimum Gasteiger partial charge on any atom is -0.483 e. The van der Waals surface area contributed by atoms with Gasteiger partial charge in [-0.05, 0) is 70.3 Å². The minimum atomic E-state index is -0.461. The number of nitrogens with two attached hydrogens (primary N) is 1. The normalized spacial score (nSPS) is 11.1. The zero-order valence-corrected chi connectivity index (χ0v) is 24.6. The van der Waals surface area contributed by atoms with E-state index in [1.165, 1.54) is 0 Å². The van der Waals surface area contributed by atoms with E-state index in [1.54, 1.807) is 18.3 Å². The highest BCUT2D eigenvalue weighted by Crippen LogP contribution is 2.26. The quantitative estimate of drug-likeness (QED) is 0.303. The standard InChI is InChI=1S/C29H42N6O2.CH2O2/c1-20(2)13-16-34(17-14-21(3)4)28(37)24-18-31-29-32-26(22-9-11-23(12-10-22)27(30)36)25(35(29)19-24)8-7-15-33(5)6;2-1-3/h9-12,18-21H,7-8,13-17H2,1-6H3,(H2,30,36);1H,(H,2,3). The molecule has 0 saturated heterocycles. The van der Waals surface area contributed by atoms with Crippen molar-refractivity contribution in [2.75, 3.05) is 33.7 Å². The van der Waals surface area contributed by atoms with E-state index in [1.807, 2.05) is 27.6 Å². The van der Waals surface area contributed by atoms with E-state index in [9.17, 15) is 9.59 Å². The second kappa shape index (κ2) is 15.7. The van der Waals surface area contributed by atoms with E-state index >= 15 is 0 Å². The molecule has 2 heterocycles. The molecule has 1 aromatic carbocycles. The summed E-state index contributed by atoms with van der Waals surface area (Å²) < 4.78 is 1.96. The Morgan fingerprint density at radius 3 is 2.08 bits per heavy atom. The molecule has 0 unspecified atom stereocenters. The smallest absolute Gasteiger partial charge is 0.290 e. The lowest BCUT2D eigenvalue weighted by molar-refractivity contribution is -0.122. The molecule has 0 bridgehead atoms. The van der Waals surface area contributed by atoms with E-state index in [4.69, 9.17) is 20.6 Å². The molecule has 0 atom stereocenters. The molecule has 10 heteroatoms. The van der Waals surface area contributed by atoms with Gasteiger partial charge in [0, 0.05) is 36.6 Å². The van der Waals surface area contributed by atoms with Crippen molar-refractivity contribution in [1.82, 2.24) is 24.2 Å².